The third-order valence-electron chi connectivity index (χ3n) is 7.94. The summed E-state index contributed by atoms with van der Waals surface area (Å²) in [5.41, 5.74) is -5.37. The quantitative estimate of drug-likeness (QED) is 0.270. The minimum absolute atomic E-state index is 0.0525. The van der Waals surface area contributed by atoms with Gasteiger partial charge in [0.25, 0.3) is 11.8 Å². The molecule has 1 amide bonds. The number of alkyl halides is 6. The minimum atomic E-state index is -5.20. The van der Waals surface area contributed by atoms with E-state index in [1.54, 1.807) is 25.7 Å². The molecular formula is C30H33F6N5O7S. The molecule has 0 saturated carbocycles. The van der Waals surface area contributed by atoms with Crippen LogP contribution in [0.5, 0.6) is 5.75 Å². The number of benzene rings is 1. The third-order valence-corrected chi connectivity index (χ3v) is 9.71. The summed E-state index contributed by atoms with van der Waals surface area (Å²) >= 11 is 0. The zero-order valence-corrected chi connectivity index (χ0v) is 27.3. The highest BCUT2D eigenvalue weighted by molar-refractivity contribution is 7.91. The zero-order valence-electron chi connectivity index (χ0n) is 26.5. The van der Waals surface area contributed by atoms with Crippen molar-refractivity contribution in [3.05, 3.63) is 36.2 Å². The Balaban J connectivity index is 1.73. The van der Waals surface area contributed by atoms with E-state index in [1.807, 2.05) is 0 Å². The van der Waals surface area contributed by atoms with Gasteiger partial charge in [-0.15, -0.1) is 23.4 Å². The van der Waals surface area contributed by atoms with Crippen molar-refractivity contribution in [3.63, 3.8) is 0 Å². The zero-order chi connectivity index (χ0) is 36.0. The first-order valence-electron chi connectivity index (χ1n) is 15.2. The standard InChI is InChI=1S/C30H33F6N5O7S/c1-27(2,3)48-26(42)37-20-16-21(49(44,45)19-12-10-18(11-13-19)47-30(34,35)36)23-38-22(20)24-39-40-25(46-24)28(43,29(31,32)33)14-6-4-5-8-17-9-7-15-41(17)23/h10-13,16-17,43H,4-9,14-15H2,1-3H3,(H,37,42)/t17-,28?/m1/s1. The van der Waals surface area contributed by atoms with Crippen molar-refractivity contribution in [2.75, 3.05) is 16.8 Å². The molecule has 49 heavy (non-hydrogen) atoms. The Bertz CT molecular complexity index is 1790. The highest BCUT2D eigenvalue weighted by Crippen LogP contribution is 2.45. The smallest absolute Gasteiger partial charge is 0.444 e. The van der Waals surface area contributed by atoms with Crippen molar-refractivity contribution in [2.24, 2.45) is 0 Å². The first-order chi connectivity index (χ1) is 22.7. The number of nitrogens with zero attached hydrogens (tertiary/aromatic N) is 4. The predicted molar refractivity (Wildman–Crippen MR) is 159 cm³/mol. The first kappa shape index (κ1) is 36.2. The number of carbonyl (C=O) groups excluding carboxylic acids is 1. The summed E-state index contributed by atoms with van der Waals surface area (Å²) < 4.78 is 124. The number of hydrogen-bond acceptors (Lipinski definition) is 11. The van der Waals surface area contributed by atoms with Crippen molar-refractivity contribution >= 4 is 27.4 Å². The SMILES string of the molecule is CC(C)(C)OC(=O)Nc1cc(S(=O)(=O)c2ccc(OC(F)(F)F)cc2)c2nc1-c1nnc(o1)C(O)(C(F)(F)F)CCCCC[C@@H]1CCCN21. The Labute approximate surface area is 276 Å². The van der Waals surface area contributed by atoms with E-state index in [0.29, 0.717) is 38.6 Å². The van der Waals surface area contributed by atoms with E-state index in [9.17, 15) is 44.7 Å². The van der Waals surface area contributed by atoms with Gasteiger partial charge < -0.3 is 23.9 Å². The molecule has 1 aromatic carbocycles. The van der Waals surface area contributed by atoms with Crippen LogP contribution in [0.15, 0.2) is 44.5 Å². The van der Waals surface area contributed by atoms with Crippen LogP contribution in [0.25, 0.3) is 11.6 Å². The van der Waals surface area contributed by atoms with Crippen molar-refractivity contribution in [1.29, 1.82) is 0 Å². The summed E-state index contributed by atoms with van der Waals surface area (Å²) in [6.07, 6.45) is -9.77. The largest absolute Gasteiger partial charge is 0.573 e. The number of aliphatic hydroxyl groups is 1. The highest BCUT2D eigenvalue weighted by Gasteiger charge is 2.58. The Morgan fingerprint density at radius 2 is 1.69 bits per heavy atom. The van der Waals surface area contributed by atoms with E-state index in [4.69, 9.17) is 9.15 Å². The maximum Gasteiger partial charge on any atom is 0.573 e. The number of carbonyl (C=O) groups is 1. The van der Waals surface area contributed by atoms with Crippen LogP contribution in [-0.2, 0) is 20.2 Å². The summed E-state index contributed by atoms with van der Waals surface area (Å²) in [5.74, 6) is -2.67. The summed E-state index contributed by atoms with van der Waals surface area (Å²) in [6.45, 7) is 4.99. The van der Waals surface area contributed by atoms with Crippen LogP contribution in [0, 0.1) is 0 Å². The van der Waals surface area contributed by atoms with Crippen molar-refractivity contribution < 1.29 is 58.6 Å². The number of anilines is 2. The average molecular weight is 722 g/mol. The van der Waals surface area contributed by atoms with E-state index in [-0.39, 0.29) is 18.3 Å². The monoisotopic (exact) mass is 721 g/mol. The van der Waals surface area contributed by atoms with Crippen LogP contribution in [0.3, 0.4) is 0 Å². The summed E-state index contributed by atoms with van der Waals surface area (Å²) in [4.78, 5) is 18.3. The van der Waals surface area contributed by atoms with Crippen molar-refractivity contribution in [1.82, 2.24) is 15.2 Å². The number of sulfone groups is 1. The highest BCUT2D eigenvalue weighted by atomic mass is 32.2. The molecule has 268 valence electrons. The van der Waals surface area contributed by atoms with Crippen LogP contribution >= 0.6 is 0 Å². The summed E-state index contributed by atoms with van der Waals surface area (Å²) in [6, 6.07) is 4.15. The van der Waals surface area contributed by atoms with Gasteiger partial charge in [0.05, 0.1) is 10.6 Å². The number of aromatic nitrogens is 3. The molecule has 1 fully saturated rings. The first-order valence-corrected chi connectivity index (χ1v) is 16.7. The Morgan fingerprint density at radius 3 is 2.33 bits per heavy atom. The van der Waals surface area contributed by atoms with Gasteiger partial charge in [-0.1, -0.05) is 12.8 Å². The third kappa shape index (κ3) is 7.87. The van der Waals surface area contributed by atoms with E-state index >= 15 is 0 Å². The number of pyridine rings is 1. The molecule has 0 spiro atoms. The molecule has 2 aromatic heterocycles. The van der Waals surface area contributed by atoms with Crippen LogP contribution in [0.2, 0.25) is 0 Å². The maximum atomic E-state index is 14.2. The molecule has 4 heterocycles. The lowest BCUT2D eigenvalue weighted by molar-refractivity contribution is -0.277. The van der Waals surface area contributed by atoms with Crippen LogP contribution in [0.1, 0.15) is 71.6 Å². The molecule has 2 atom stereocenters. The van der Waals surface area contributed by atoms with Gasteiger partial charge in [0.15, 0.2) is 5.69 Å². The molecule has 0 radical (unpaired) electrons. The van der Waals surface area contributed by atoms with Gasteiger partial charge in [0.1, 0.15) is 22.1 Å². The number of halogens is 6. The number of nitrogens with one attached hydrogen (secondary N) is 1. The molecule has 3 aromatic rings. The molecule has 5 rings (SSSR count). The fraction of sp³-hybridized carbons (Fsp3) is 0.533. The van der Waals surface area contributed by atoms with Gasteiger partial charge in [0.2, 0.25) is 15.4 Å². The normalized spacial score (nSPS) is 20.7. The number of amides is 1. The molecule has 0 aliphatic carbocycles. The van der Waals surface area contributed by atoms with Gasteiger partial charge >= 0.3 is 18.6 Å². The Morgan fingerprint density at radius 1 is 1.02 bits per heavy atom. The lowest BCUT2D eigenvalue weighted by Crippen LogP contribution is -2.42. The van der Waals surface area contributed by atoms with Crippen LogP contribution in [0.4, 0.5) is 42.6 Å². The van der Waals surface area contributed by atoms with Crippen LogP contribution in [-0.4, -0.2) is 65.5 Å². The summed E-state index contributed by atoms with van der Waals surface area (Å²) in [7, 11) is -4.62. The van der Waals surface area contributed by atoms with Gasteiger partial charge in [-0.25, -0.2) is 18.2 Å². The topological polar surface area (TPSA) is 157 Å². The molecule has 19 heteroatoms. The molecule has 2 aliphatic heterocycles. The molecule has 12 nitrogen and oxygen atoms in total. The number of fused-ring (bicyclic) bond motifs is 7. The lowest BCUT2D eigenvalue weighted by Gasteiger charge is -2.29. The predicted octanol–water partition coefficient (Wildman–Crippen LogP) is 6.89. The molecule has 1 saturated heterocycles. The number of hydrogen-bond donors (Lipinski definition) is 2. The average Bonchev–Trinajstić information content (AvgIpc) is 3.65. The second-order valence-corrected chi connectivity index (χ2v) is 14.6. The van der Waals surface area contributed by atoms with Gasteiger partial charge in [-0.3, -0.25) is 5.32 Å². The van der Waals surface area contributed by atoms with E-state index in [0.717, 1.165) is 30.3 Å². The number of rotatable bonds is 4. The second-order valence-electron chi connectivity index (χ2n) is 12.7. The Kier molecular flexibility index (Phi) is 9.56. The van der Waals surface area contributed by atoms with E-state index in [2.05, 4.69) is 25.2 Å². The maximum absolute atomic E-state index is 14.2. The Hall–Kier alpha value is -4.13. The molecule has 1 unspecified atom stereocenters. The van der Waals surface area contributed by atoms with E-state index in [1.165, 1.54) is 0 Å². The molecular weight excluding hydrogens is 688 g/mol. The fourth-order valence-electron chi connectivity index (χ4n) is 5.72. The minimum Gasteiger partial charge on any atom is -0.444 e. The molecule has 2 N–H and O–H groups in total. The van der Waals surface area contributed by atoms with Gasteiger partial charge in [-0.2, -0.15) is 13.2 Å². The molecule has 4 bridgehead atoms. The van der Waals surface area contributed by atoms with Crippen molar-refractivity contribution in [3.8, 4) is 17.3 Å². The lowest BCUT2D eigenvalue weighted by atomic mass is 9.94. The fourth-order valence-corrected chi connectivity index (χ4v) is 7.14. The summed E-state index contributed by atoms with van der Waals surface area (Å²) in [5, 5.41) is 20.4. The van der Waals surface area contributed by atoms with Gasteiger partial charge in [-0.05, 0) is 83.2 Å². The number of ether oxygens (including phenoxy) is 2. The van der Waals surface area contributed by atoms with Gasteiger partial charge in [0, 0.05) is 12.6 Å². The van der Waals surface area contributed by atoms with Crippen LogP contribution < -0.4 is 15.0 Å². The second kappa shape index (κ2) is 13.0. The van der Waals surface area contributed by atoms with Crippen molar-refractivity contribution in [2.45, 2.75) is 105 Å². The molecule has 2 aliphatic rings. The van der Waals surface area contributed by atoms with E-state index < -0.39 is 84.8 Å².